The molecule has 0 atom stereocenters. The van der Waals surface area contributed by atoms with Gasteiger partial charge in [-0.05, 0) is 37.5 Å². The van der Waals surface area contributed by atoms with Crippen molar-refractivity contribution in [3.8, 4) is 0 Å². The Morgan fingerprint density at radius 3 is 2.74 bits per heavy atom. The Morgan fingerprint density at radius 2 is 2.11 bits per heavy atom. The quantitative estimate of drug-likeness (QED) is 0.905. The number of benzene rings is 1. The number of carbonyl (C=O) groups is 1. The predicted octanol–water partition coefficient (Wildman–Crippen LogP) is 3.42. The highest BCUT2D eigenvalue weighted by Crippen LogP contribution is 2.30. The third-order valence-corrected chi connectivity index (χ3v) is 4.06. The molecule has 1 saturated carbocycles. The molecule has 0 aliphatic heterocycles. The van der Waals surface area contributed by atoms with Crippen LogP contribution in [0.1, 0.15) is 25.3 Å². The van der Waals surface area contributed by atoms with Crippen molar-refractivity contribution in [2.24, 2.45) is 5.92 Å². The Kier molecular flexibility index (Phi) is 5.08. The molecule has 1 aliphatic rings. The van der Waals surface area contributed by atoms with Gasteiger partial charge in [0, 0.05) is 19.1 Å². The van der Waals surface area contributed by atoms with E-state index in [2.05, 4.69) is 5.32 Å². The summed E-state index contributed by atoms with van der Waals surface area (Å²) in [6.45, 7) is 3.16. The molecule has 0 aromatic heterocycles. The number of amides is 1. The molecule has 3 nitrogen and oxygen atoms in total. The van der Waals surface area contributed by atoms with Crippen LogP contribution in [0.4, 0.5) is 0 Å². The van der Waals surface area contributed by atoms with Gasteiger partial charge >= 0.3 is 0 Å². The Labute approximate surface area is 123 Å². The highest BCUT2D eigenvalue weighted by molar-refractivity contribution is 6.42. The van der Waals surface area contributed by atoms with Gasteiger partial charge in [-0.2, -0.15) is 0 Å². The van der Waals surface area contributed by atoms with E-state index in [1.807, 2.05) is 13.0 Å². The van der Waals surface area contributed by atoms with E-state index in [1.54, 1.807) is 12.1 Å². The fourth-order valence-corrected chi connectivity index (χ4v) is 2.46. The van der Waals surface area contributed by atoms with Crippen LogP contribution in [0.15, 0.2) is 18.2 Å². The molecule has 0 heterocycles. The van der Waals surface area contributed by atoms with E-state index in [-0.39, 0.29) is 17.9 Å². The van der Waals surface area contributed by atoms with Gasteiger partial charge in [-0.25, -0.2) is 0 Å². The lowest BCUT2D eigenvalue weighted by molar-refractivity contribution is -0.133. The molecule has 1 aromatic carbocycles. The molecule has 0 spiro atoms. The third-order valence-electron chi connectivity index (χ3n) is 3.32. The van der Waals surface area contributed by atoms with Crippen molar-refractivity contribution >= 4 is 29.1 Å². The lowest BCUT2D eigenvalue weighted by Gasteiger charge is -2.33. The van der Waals surface area contributed by atoms with Crippen LogP contribution >= 0.6 is 23.2 Å². The van der Waals surface area contributed by atoms with Crippen molar-refractivity contribution in [3.05, 3.63) is 33.8 Å². The standard InChI is InChI=1S/C14H17Cl2NO2/c1-2-19-11-6-10(7-11)14(18)17-8-9-3-4-12(15)13(16)5-9/h3-5,10-11H,2,6-8H2,1H3,(H,17,18). The number of halogens is 2. The third kappa shape index (κ3) is 3.85. The molecule has 5 heteroatoms. The maximum atomic E-state index is 11.9. The number of ether oxygens (including phenoxy) is 1. The van der Waals surface area contributed by atoms with E-state index in [4.69, 9.17) is 27.9 Å². The highest BCUT2D eigenvalue weighted by atomic mass is 35.5. The molecule has 1 N–H and O–H groups in total. The van der Waals surface area contributed by atoms with Gasteiger partial charge in [0.15, 0.2) is 0 Å². The number of hydrogen-bond acceptors (Lipinski definition) is 2. The second-order valence-corrected chi connectivity index (χ2v) is 5.53. The average Bonchev–Trinajstić information content (AvgIpc) is 2.34. The molecular weight excluding hydrogens is 285 g/mol. The van der Waals surface area contributed by atoms with Crippen molar-refractivity contribution in [1.29, 1.82) is 0 Å². The molecule has 1 aliphatic carbocycles. The van der Waals surface area contributed by atoms with Gasteiger partial charge in [0.2, 0.25) is 5.91 Å². The van der Waals surface area contributed by atoms with Crippen LogP contribution in [0.5, 0.6) is 0 Å². The first-order valence-corrected chi connectivity index (χ1v) is 7.19. The second-order valence-electron chi connectivity index (χ2n) is 4.71. The Hall–Kier alpha value is -0.770. The predicted molar refractivity (Wildman–Crippen MR) is 76.4 cm³/mol. The first kappa shape index (κ1) is 14.6. The van der Waals surface area contributed by atoms with Crippen molar-refractivity contribution in [1.82, 2.24) is 5.32 Å². The van der Waals surface area contributed by atoms with Crippen LogP contribution in [0.2, 0.25) is 10.0 Å². The molecule has 1 aromatic rings. The SMILES string of the molecule is CCOC1CC(C(=O)NCc2ccc(Cl)c(Cl)c2)C1. The van der Waals surface area contributed by atoms with Gasteiger partial charge in [-0.3, -0.25) is 4.79 Å². The van der Waals surface area contributed by atoms with Crippen LogP contribution in [0.25, 0.3) is 0 Å². The molecular formula is C14H17Cl2NO2. The normalized spacial score (nSPS) is 21.8. The summed E-state index contributed by atoms with van der Waals surface area (Å²) in [5, 5.41) is 3.95. The van der Waals surface area contributed by atoms with Gasteiger partial charge in [-0.15, -0.1) is 0 Å². The van der Waals surface area contributed by atoms with Gasteiger partial charge in [0.1, 0.15) is 0 Å². The van der Waals surface area contributed by atoms with Gasteiger partial charge in [-0.1, -0.05) is 29.3 Å². The minimum absolute atomic E-state index is 0.0827. The zero-order valence-electron chi connectivity index (χ0n) is 10.8. The maximum absolute atomic E-state index is 11.9. The van der Waals surface area contributed by atoms with Gasteiger partial charge in [0.05, 0.1) is 16.1 Å². The largest absolute Gasteiger partial charge is 0.378 e. The Morgan fingerprint density at radius 1 is 1.37 bits per heavy atom. The van der Waals surface area contributed by atoms with Crippen molar-refractivity contribution in [2.75, 3.05) is 6.61 Å². The summed E-state index contributed by atoms with van der Waals surface area (Å²) in [6.07, 6.45) is 1.90. The Balaban J connectivity index is 1.76. The van der Waals surface area contributed by atoms with E-state index in [0.717, 1.165) is 18.4 Å². The van der Waals surface area contributed by atoms with E-state index < -0.39 is 0 Å². The molecule has 0 unspecified atom stereocenters. The summed E-state index contributed by atoms with van der Waals surface area (Å²) < 4.78 is 5.44. The van der Waals surface area contributed by atoms with Crippen LogP contribution in [-0.2, 0) is 16.1 Å². The van der Waals surface area contributed by atoms with Crippen LogP contribution in [-0.4, -0.2) is 18.6 Å². The lowest BCUT2D eigenvalue weighted by Crippen LogP contribution is -2.42. The molecule has 0 radical (unpaired) electrons. The molecule has 104 valence electrons. The summed E-state index contributed by atoms with van der Waals surface area (Å²) in [5.74, 6) is 0.168. The first-order valence-electron chi connectivity index (χ1n) is 6.43. The fraction of sp³-hybridized carbons (Fsp3) is 0.500. The zero-order chi connectivity index (χ0) is 13.8. The van der Waals surface area contributed by atoms with Gasteiger partial charge in [0.25, 0.3) is 0 Å². The van der Waals surface area contributed by atoms with Crippen molar-refractivity contribution in [2.45, 2.75) is 32.4 Å². The molecule has 2 rings (SSSR count). The number of nitrogens with one attached hydrogen (secondary N) is 1. The topological polar surface area (TPSA) is 38.3 Å². The zero-order valence-corrected chi connectivity index (χ0v) is 12.3. The fourth-order valence-electron chi connectivity index (χ4n) is 2.13. The van der Waals surface area contributed by atoms with E-state index >= 15 is 0 Å². The van der Waals surface area contributed by atoms with Crippen molar-refractivity contribution in [3.63, 3.8) is 0 Å². The minimum Gasteiger partial charge on any atom is -0.378 e. The minimum atomic E-state index is 0.0827. The highest BCUT2D eigenvalue weighted by Gasteiger charge is 2.34. The van der Waals surface area contributed by atoms with E-state index in [9.17, 15) is 4.79 Å². The molecule has 19 heavy (non-hydrogen) atoms. The van der Waals surface area contributed by atoms with Crippen LogP contribution in [0.3, 0.4) is 0 Å². The summed E-state index contributed by atoms with van der Waals surface area (Å²) in [4.78, 5) is 11.9. The first-order chi connectivity index (χ1) is 9.10. The lowest BCUT2D eigenvalue weighted by atomic mass is 9.81. The molecule has 1 fully saturated rings. The van der Waals surface area contributed by atoms with Gasteiger partial charge < -0.3 is 10.1 Å². The Bertz CT molecular complexity index is 459. The molecule has 0 bridgehead atoms. The smallest absolute Gasteiger partial charge is 0.223 e. The number of hydrogen-bond donors (Lipinski definition) is 1. The van der Waals surface area contributed by atoms with E-state index in [0.29, 0.717) is 23.2 Å². The average molecular weight is 302 g/mol. The molecule has 1 amide bonds. The van der Waals surface area contributed by atoms with E-state index in [1.165, 1.54) is 0 Å². The summed E-state index contributed by atoms with van der Waals surface area (Å²) >= 11 is 11.8. The van der Waals surface area contributed by atoms with Crippen LogP contribution in [0, 0.1) is 5.92 Å². The number of carbonyl (C=O) groups excluding carboxylic acids is 1. The van der Waals surface area contributed by atoms with Crippen LogP contribution < -0.4 is 5.32 Å². The summed E-state index contributed by atoms with van der Waals surface area (Å²) in [6, 6.07) is 5.37. The summed E-state index contributed by atoms with van der Waals surface area (Å²) in [5.41, 5.74) is 0.948. The number of rotatable bonds is 5. The monoisotopic (exact) mass is 301 g/mol. The molecule has 0 saturated heterocycles. The maximum Gasteiger partial charge on any atom is 0.223 e. The second kappa shape index (κ2) is 6.60. The van der Waals surface area contributed by atoms with Crippen molar-refractivity contribution < 1.29 is 9.53 Å². The summed E-state index contributed by atoms with van der Waals surface area (Å²) in [7, 11) is 0.